The normalized spacial score (nSPS) is 27.3. The monoisotopic (exact) mass is 312 g/mol. The first-order valence-corrected chi connectivity index (χ1v) is 9.01. The highest BCUT2D eigenvalue weighted by atomic mass is 32.2. The minimum absolute atomic E-state index is 0.0557. The van der Waals surface area contributed by atoms with Gasteiger partial charge >= 0.3 is 0 Å². The van der Waals surface area contributed by atoms with E-state index in [-0.39, 0.29) is 16.6 Å². The molecular formula is C15H21FN2O2S. The number of piperidine rings is 1. The number of nitrogens with zero attached hydrogens (tertiary/aromatic N) is 1. The lowest BCUT2D eigenvalue weighted by molar-refractivity contribution is 0.129. The van der Waals surface area contributed by atoms with Crippen molar-refractivity contribution in [1.82, 2.24) is 4.31 Å². The highest BCUT2D eigenvalue weighted by Crippen LogP contribution is 2.38. The number of hydrogen-bond donors (Lipinski definition) is 1. The molecular weight excluding hydrogens is 291 g/mol. The van der Waals surface area contributed by atoms with E-state index >= 15 is 0 Å². The fourth-order valence-corrected chi connectivity index (χ4v) is 5.63. The van der Waals surface area contributed by atoms with Crippen LogP contribution in [-0.4, -0.2) is 25.3 Å². The molecule has 1 aromatic rings. The molecule has 1 aromatic carbocycles. The van der Waals surface area contributed by atoms with Gasteiger partial charge in [-0.2, -0.15) is 4.31 Å². The van der Waals surface area contributed by atoms with E-state index in [0.717, 1.165) is 32.1 Å². The largest absolute Gasteiger partial charge is 0.395 e. The summed E-state index contributed by atoms with van der Waals surface area (Å²) in [6, 6.07) is 4.05. The third-order valence-corrected chi connectivity index (χ3v) is 6.77. The van der Waals surface area contributed by atoms with Gasteiger partial charge in [-0.25, -0.2) is 12.8 Å². The number of nitrogens with two attached hydrogens (primary N) is 1. The maximum atomic E-state index is 13.6. The van der Waals surface area contributed by atoms with Crippen LogP contribution in [0.1, 0.15) is 38.5 Å². The van der Waals surface area contributed by atoms with Gasteiger partial charge in [0.25, 0.3) is 0 Å². The Bertz CT molecular complexity index is 631. The second-order valence-electron chi connectivity index (χ2n) is 6.02. The highest BCUT2D eigenvalue weighted by molar-refractivity contribution is 7.89. The summed E-state index contributed by atoms with van der Waals surface area (Å²) in [5.74, 6) is -0.231. The Morgan fingerprint density at radius 3 is 2.67 bits per heavy atom. The maximum absolute atomic E-state index is 13.6. The van der Waals surface area contributed by atoms with Gasteiger partial charge in [0.2, 0.25) is 10.0 Å². The van der Waals surface area contributed by atoms with Crippen LogP contribution >= 0.6 is 0 Å². The van der Waals surface area contributed by atoms with Crippen LogP contribution in [0.2, 0.25) is 0 Å². The third-order valence-electron chi connectivity index (χ3n) is 4.79. The number of benzene rings is 1. The number of anilines is 1. The molecule has 1 heterocycles. The van der Waals surface area contributed by atoms with E-state index < -0.39 is 15.8 Å². The van der Waals surface area contributed by atoms with E-state index in [1.165, 1.54) is 24.6 Å². The minimum Gasteiger partial charge on any atom is -0.395 e. The van der Waals surface area contributed by atoms with E-state index in [0.29, 0.717) is 12.5 Å². The van der Waals surface area contributed by atoms with Crippen molar-refractivity contribution < 1.29 is 12.8 Å². The molecule has 1 saturated heterocycles. The number of fused-ring (bicyclic) bond motifs is 1. The van der Waals surface area contributed by atoms with Gasteiger partial charge in [0.1, 0.15) is 10.7 Å². The van der Waals surface area contributed by atoms with Crippen molar-refractivity contribution in [3.05, 3.63) is 24.0 Å². The van der Waals surface area contributed by atoms with Gasteiger partial charge < -0.3 is 5.73 Å². The number of rotatable bonds is 2. The summed E-state index contributed by atoms with van der Waals surface area (Å²) in [5.41, 5.74) is 5.39. The molecule has 1 aliphatic carbocycles. The van der Waals surface area contributed by atoms with Gasteiger partial charge in [0.05, 0.1) is 5.69 Å². The second-order valence-corrected chi connectivity index (χ2v) is 7.88. The summed E-state index contributed by atoms with van der Waals surface area (Å²) >= 11 is 0. The van der Waals surface area contributed by atoms with Gasteiger partial charge in [-0.3, -0.25) is 0 Å². The quantitative estimate of drug-likeness (QED) is 0.854. The average Bonchev–Trinajstić information content (AvgIpc) is 2.49. The summed E-state index contributed by atoms with van der Waals surface area (Å²) in [6.07, 6.45) is 6.20. The fourth-order valence-electron chi connectivity index (χ4n) is 3.75. The summed E-state index contributed by atoms with van der Waals surface area (Å²) in [7, 11) is -3.72. The van der Waals surface area contributed by atoms with E-state index in [4.69, 9.17) is 5.73 Å². The molecule has 0 unspecified atom stereocenters. The molecule has 116 valence electrons. The molecule has 0 bridgehead atoms. The highest BCUT2D eigenvalue weighted by Gasteiger charge is 2.40. The lowest BCUT2D eigenvalue weighted by Crippen LogP contribution is -2.49. The van der Waals surface area contributed by atoms with Crippen molar-refractivity contribution in [2.24, 2.45) is 5.92 Å². The van der Waals surface area contributed by atoms with Crippen LogP contribution in [0.5, 0.6) is 0 Å². The van der Waals surface area contributed by atoms with Crippen LogP contribution in [0.4, 0.5) is 10.1 Å². The third kappa shape index (κ3) is 2.55. The predicted molar refractivity (Wildman–Crippen MR) is 79.7 cm³/mol. The number of hydrogen-bond acceptors (Lipinski definition) is 3. The molecule has 0 amide bonds. The molecule has 1 saturated carbocycles. The fraction of sp³-hybridized carbons (Fsp3) is 0.600. The molecule has 4 nitrogen and oxygen atoms in total. The van der Waals surface area contributed by atoms with Crippen LogP contribution in [0.15, 0.2) is 23.1 Å². The SMILES string of the molecule is Nc1c(F)cccc1S(=O)(=O)N1CCC[C@H]2CCCC[C@H]21. The Morgan fingerprint density at radius 2 is 1.86 bits per heavy atom. The van der Waals surface area contributed by atoms with Crippen LogP contribution in [0.25, 0.3) is 0 Å². The first kappa shape index (κ1) is 14.8. The first-order valence-electron chi connectivity index (χ1n) is 7.57. The number of nitrogen functional groups attached to an aromatic ring is 1. The molecule has 2 aliphatic rings. The van der Waals surface area contributed by atoms with E-state index in [9.17, 15) is 12.8 Å². The van der Waals surface area contributed by atoms with E-state index in [1.54, 1.807) is 4.31 Å². The maximum Gasteiger partial charge on any atom is 0.245 e. The predicted octanol–water partition coefficient (Wildman–Crippen LogP) is 2.75. The lowest BCUT2D eigenvalue weighted by Gasteiger charge is -2.43. The zero-order chi connectivity index (χ0) is 15.0. The zero-order valence-electron chi connectivity index (χ0n) is 12.0. The number of para-hydroxylation sites is 1. The first-order chi connectivity index (χ1) is 10.0. The summed E-state index contributed by atoms with van der Waals surface area (Å²) < 4.78 is 41.0. The summed E-state index contributed by atoms with van der Waals surface area (Å²) in [6.45, 7) is 0.513. The smallest absolute Gasteiger partial charge is 0.245 e. The number of sulfonamides is 1. The molecule has 6 heteroatoms. The van der Waals surface area contributed by atoms with Crippen molar-refractivity contribution >= 4 is 15.7 Å². The van der Waals surface area contributed by atoms with Crippen molar-refractivity contribution in [3.8, 4) is 0 Å². The van der Waals surface area contributed by atoms with Gasteiger partial charge in [-0.15, -0.1) is 0 Å². The average molecular weight is 312 g/mol. The van der Waals surface area contributed by atoms with Crippen LogP contribution < -0.4 is 5.73 Å². The number of halogens is 1. The molecule has 2 fully saturated rings. The standard InChI is InChI=1S/C15H21FN2O2S/c16-12-7-3-9-14(15(12)17)21(19,20)18-10-4-6-11-5-1-2-8-13(11)18/h3,7,9,11,13H,1-2,4-6,8,10,17H2/t11-,13-/m1/s1. The zero-order valence-corrected chi connectivity index (χ0v) is 12.8. The van der Waals surface area contributed by atoms with Crippen molar-refractivity contribution in [3.63, 3.8) is 0 Å². The molecule has 0 aromatic heterocycles. The van der Waals surface area contributed by atoms with Gasteiger partial charge in [-0.1, -0.05) is 18.9 Å². The minimum atomic E-state index is -3.72. The Kier molecular flexibility index (Phi) is 3.92. The Labute approximate surface area is 125 Å². The summed E-state index contributed by atoms with van der Waals surface area (Å²) in [4.78, 5) is -0.0891. The van der Waals surface area contributed by atoms with Crippen molar-refractivity contribution in [1.29, 1.82) is 0 Å². The second kappa shape index (κ2) is 5.57. The summed E-state index contributed by atoms with van der Waals surface area (Å²) in [5, 5.41) is 0. The Morgan fingerprint density at radius 1 is 1.14 bits per heavy atom. The molecule has 0 spiro atoms. The molecule has 3 rings (SSSR count). The molecule has 2 atom stereocenters. The van der Waals surface area contributed by atoms with Crippen LogP contribution in [0.3, 0.4) is 0 Å². The van der Waals surface area contributed by atoms with Crippen molar-refractivity contribution in [2.45, 2.75) is 49.5 Å². The molecule has 1 aliphatic heterocycles. The lowest BCUT2D eigenvalue weighted by atomic mass is 9.79. The molecule has 21 heavy (non-hydrogen) atoms. The van der Waals surface area contributed by atoms with Crippen molar-refractivity contribution in [2.75, 3.05) is 12.3 Å². The topological polar surface area (TPSA) is 63.4 Å². The van der Waals surface area contributed by atoms with E-state index in [2.05, 4.69) is 0 Å². The van der Waals surface area contributed by atoms with Gasteiger partial charge in [0, 0.05) is 12.6 Å². The van der Waals surface area contributed by atoms with Crippen LogP contribution in [-0.2, 0) is 10.0 Å². The Balaban J connectivity index is 1.98. The van der Waals surface area contributed by atoms with E-state index in [1.807, 2.05) is 0 Å². The van der Waals surface area contributed by atoms with Gasteiger partial charge in [-0.05, 0) is 43.7 Å². The molecule has 2 N–H and O–H groups in total. The van der Waals surface area contributed by atoms with Crippen LogP contribution in [0, 0.1) is 11.7 Å². The molecule has 0 radical (unpaired) electrons. The Hall–Kier alpha value is -1.14. The van der Waals surface area contributed by atoms with Gasteiger partial charge in [0.15, 0.2) is 0 Å².